The number of rotatable bonds is 8. The second-order valence-corrected chi connectivity index (χ2v) is 6.98. The first-order valence-electron chi connectivity index (χ1n) is 8.71. The van der Waals surface area contributed by atoms with E-state index in [0.717, 1.165) is 21.8 Å². The van der Waals surface area contributed by atoms with Gasteiger partial charge in [-0.15, -0.1) is 11.3 Å². The van der Waals surface area contributed by atoms with Crippen LogP contribution in [-0.4, -0.2) is 24.2 Å². The van der Waals surface area contributed by atoms with Crippen LogP contribution < -0.4 is 14.9 Å². The second-order valence-electron chi connectivity index (χ2n) is 6.04. The van der Waals surface area contributed by atoms with E-state index in [9.17, 15) is 4.79 Å². The Morgan fingerprint density at radius 2 is 2.04 bits per heavy atom. The van der Waals surface area contributed by atoms with Crippen molar-refractivity contribution in [2.75, 3.05) is 7.11 Å². The summed E-state index contributed by atoms with van der Waals surface area (Å²) in [4.78, 5) is 16.2. The van der Waals surface area contributed by atoms with Gasteiger partial charge in [0, 0.05) is 11.1 Å². The van der Waals surface area contributed by atoms with Gasteiger partial charge in [0.05, 0.1) is 19.7 Å². The first-order chi connectivity index (χ1) is 13.6. The van der Waals surface area contributed by atoms with E-state index in [1.54, 1.807) is 13.3 Å². The minimum atomic E-state index is -0.209. The van der Waals surface area contributed by atoms with E-state index in [-0.39, 0.29) is 12.3 Å². The Bertz CT molecular complexity index is 955. The molecule has 0 aliphatic rings. The van der Waals surface area contributed by atoms with Crippen molar-refractivity contribution in [2.24, 2.45) is 5.10 Å². The normalized spacial score (nSPS) is 10.8. The van der Waals surface area contributed by atoms with Crippen LogP contribution in [0.3, 0.4) is 0 Å². The van der Waals surface area contributed by atoms with Crippen molar-refractivity contribution in [2.45, 2.75) is 20.0 Å². The topological polar surface area (TPSA) is 72.8 Å². The molecule has 0 saturated carbocycles. The molecule has 3 aromatic rings. The van der Waals surface area contributed by atoms with E-state index in [4.69, 9.17) is 9.47 Å². The fourth-order valence-corrected chi connectivity index (χ4v) is 3.23. The summed E-state index contributed by atoms with van der Waals surface area (Å²) < 4.78 is 11.2. The van der Waals surface area contributed by atoms with Gasteiger partial charge in [-0.2, -0.15) is 5.10 Å². The maximum Gasteiger partial charge on any atom is 0.246 e. The van der Waals surface area contributed by atoms with Crippen LogP contribution >= 0.6 is 11.3 Å². The molecule has 0 atom stereocenters. The minimum absolute atomic E-state index is 0.209. The van der Waals surface area contributed by atoms with E-state index < -0.39 is 0 Å². The molecule has 1 heterocycles. The average Bonchev–Trinajstić information content (AvgIpc) is 3.11. The van der Waals surface area contributed by atoms with Gasteiger partial charge in [-0.25, -0.2) is 10.4 Å². The van der Waals surface area contributed by atoms with E-state index in [1.807, 2.05) is 60.8 Å². The molecular formula is C21H21N3O3S. The van der Waals surface area contributed by atoms with Crippen LogP contribution in [0.2, 0.25) is 0 Å². The van der Waals surface area contributed by atoms with Gasteiger partial charge in [0.2, 0.25) is 5.91 Å². The number of ether oxygens (including phenoxy) is 2. The third-order valence-electron chi connectivity index (χ3n) is 3.81. The Hall–Kier alpha value is -3.19. The first-order valence-corrected chi connectivity index (χ1v) is 9.59. The number of hydrazone groups is 1. The van der Waals surface area contributed by atoms with Crippen molar-refractivity contribution in [1.82, 2.24) is 10.4 Å². The molecule has 3 rings (SSSR count). The summed E-state index contributed by atoms with van der Waals surface area (Å²) in [5.74, 6) is 1.04. The average molecular weight is 395 g/mol. The van der Waals surface area contributed by atoms with E-state index >= 15 is 0 Å². The number of carbonyl (C=O) groups excluding carboxylic acids is 1. The highest BCUT2D eigenvalue weighted by Gasteiger charge is 2.07. The number of thiazole rings is 1. The summed E-state index contributed by atoms with van der Waals surface area (Å²) in [6.07, 6.45) is 1.78. The third kappa shape index (κ3) is 5.65. The molecule has 0 fully saturated rings. The zero-order valence-electron chi connectivity index (χ0n) is 15.7. The molecule has 0 radical (unpaired) electrons. The Morgan fingerprint density at radius 3 is 2.75 bits per heavy atom. The van der Waals surface area contributed by atoms with Gasteiger partial charge < -0.3 is 9.47 Å². The fourth-order valence-electron chi connectivity index (χ4n) is 2.46. The van der Waals surface area contributed by atoms with Crippen LogP contribution in [-0.2, 0) is 17.8 Å². The van der Waals surface area contributed by atoms with Crippen molar-refractivity contribution < 1.29 is 14.3 Å². The molecule has 7 heteroatoms. The minimum Gasteiger partial charge on any atom is -0.493 e. The van der Waals surface area contributed by atoms with Gasteiger partial charge in [-0.1, -0.05) is 30.3 Å². The monoisotopic (exact) mass is 395 g/mol. The number of amides is 1. The molecule has 2 aromatic carbocycles. The molecule has 0 aliphatic carbocycles. The highest BCUT2D eigenvalue weighted by atomic mass is 32.1. The molecule has 144 valence electrons. The van der Waals surface area contributed by atoms with Crippen LogP contribution in [0.15, 0.2) is 59.0 Å². The smallest absolute Gasteiger partial charge is 0.246 e. The van der Waals surface area contributed by atoms with Crippen LogP contribution in [0.1, 0.15) is 21.8 Å². The molecule has 6 nitrogen and oxygen atoms in total. The number of nitrogens with one attached hydrogen (secondary N) is 1. The highest BCUT2D eigenvalue weighted by Crippen LogP contribution is 2.28. The maximum atomic E-state index is 11.9. The largest absolute Gasteiger partial charge is 0.493 e. The van der Waals surface area contributed by atoms with Crippen molar-refractivity contribution in [3.63, 3.8) is 0 Å². The Kier molecular flexibility index (Phi) is 6.75. The number of methoxy groups -OCH3 is 1. The van der Waals surface area contributed by atoms with Gasteiger partial charge in [0.25, 0.3) is 0 Å². The summed E-state index contributed by atoms with van der Waals surface area (Å²) in [5, 5.41) is 6.70. The third-order valence-corrected chi connectivity index (χ3v) is 4.77. The number of aromatic nitrogens is 1. The number of hydrogen-bond acceptors (Lipinski definition) is 6. The lowest BCUT2D eigenvalue weighted by Gasteiger charge is -2.11. The lowest BCUT2D eigenvalue weighted by atomic mass is 10.2. The number of carbonyl (C=O) groups is 1. The lowest BCUT2D eigenvalue weighted by Crippen LogP contribution is -2.19. The summed E-state index contributed by atoms with van der Waals surface area (Å²) in [6.45, 7) is 2.33. The molecule has 0 saturated heterocycles. The predicted molar refractivity (Wildman–Crippen MR) is 110 cm³/mol. The number of nitrogens with zero attached hydrogens (tertiary/aromatic N) is 2. The van der Waals surface area contributed by atoms with E-state index in [2.05, 4.69) is 15.5 Å². The molecule has 0 unspecified atom stereocenters. The molecular weight excluding hydrogens is 374 g/mol. The van der Waals surface area contributed by atoms with Crippen LogP contribution in [0.5, 0.6) is 11.5 Å². The predicted octanol–water partition coefficient (Wildman–Crippen LogP) is 3.73. The number of hydrogen-bond donors (Lipinski definition) is 1. The molecule has 1 amide bonds. The number of benzene rings is 2. The number of aryl methyl sites for hydroxylation is 1. The fraction of sp³-hybridized carbons (Fsp3) is 0.190. The molecule has 28 heavy (non-hydrogen) atoms. The maximum absolute atomic E-state index is 11.9. The zero-order valence-corrected chi connectivity index (χ0v) is 16.5. The molecule has 1 N–H and O–H groups in total. The summed E-state index contributed by atoms with van der Waals surface area (Å²) in [5.41, 5.74) is 5.28. The standard InChI is InChI=1S/C21H21N3O3S/c1-15-14-28-21(23-15)11-20(25)24-22-12-17-8-9-18(26-2)19(10-17)27-13-16-6-4-3-5-7-16/h3-10,12,14H,11,13H2,1-2H3,(H,24,25)/b22-12-. The zero-order chi connectivity index (χ0) is 19.8. The lowest BCUT2D eigenvalue weighted by molar-refractivity contribution is -0.120. The van der Waals surface area contributed by atoms with Crippen molar-refractivity contribution in [1.29, 1.82) is 0 Å². The second kappa shape index (κ2) is 9.66. The van der Waals surface area contributed by atoms with Gasteiger partial charge in [-0.3, -0.25) is 4.79 Å². The highest BCUT2D eigenvalue weighted by molar-refractivity contribution is 7.09. The Morgan fingerprint density at radius 1 is 1.21 bits per heavy atom. The SMILES string of the molecule is COc1ccc(/C=N\NC(=O)Cc2nc(C)cs2)cc1OCc1ccccc1. The van der Waals surface area contributed by atoms with E-state index in [1.165, 1.54) is 11.3 Å². The van der Waals surface area contributed by atoms with E-state index in [0.29, 0.717) is 18.1 Å². The van der Waals surface area contributed by atoms with Crippen molar-refractivity contribution in [3.05, 3.63) is 75.7 Å². The molecule has 0 aliphatic heterocycles. The quantitative estimate of drug-likeness (QED) is 0.466. The summed E-state index contributed by atoms with van der Waals surface area (Å²) in [7, 11) is 1.60. The van der Waals surface area contributed by atoms with Gasteiger partial charge in [-0.05, 0) is 36.2 Å². The molecule has 0 bridgehead atoms. The van der Waals surface area contributed by atoms with Gasteiger partial charge >= 0.3 is 0 Å². The molecule has 0 spiro atoms. The Balaban J connectivity index is 1.60. The molecule has 1 aromatic heterocycles. The Labute approximate surface area is 167 Å². The van der Waals surface area contributed by atoms with Crippen LogP contribution in [0, 0.1) is 6.92 Å². The summed E-state index contributed by atoms with van der Waals surface area (Å²) in [6, 6.07) is 15.4. The van der Waals surface area contributed by atoms with Gasteiger partial charge in [0.15, 0.2) is 11.5 Å². The summed E-state index contributed by atoms with van der Waals surface area (Å²) >= 11 is 1.46. The van der Waals surface area contributed by atoms with Crippen LogP contribution in [0.4, 0.5) is 0 Å². The van der Waals surface area contributed by atoms with Crippen molar-refractivity contribution >= 4 is 23.5 Å². The first kappa shape index (κ1) is 19.6. The van der Waals surface area contributed by atoms with Crippen molar-refractivity contribution in [3.8, 4) is 11.5 Å². The van der Waals surface area contributed by atoms with Gasteiger partial charge in [0.1, 0.15) is 11.6 Å². The van der Waals surface area contributed by atoms with Crippen LogP contribution in [0.25, 0.3) is 0 Å².